The van der Waals surface area contributed by atoms with E-state index in [4.69, 9.17) is 0 Å². The number of fused-ring (bicyclic) bond motifs is 9. The maximum atomic E-state index is 3.89. The monoisotopic (exact) mass is 539 g/mol. The van der Waals surface area contributed by atoms with Crippen molar-refractivity contribution >= 4 is 40.4 Å². The van der Waals surface area contributed by atoms with Gasteiger partial charge in [0, 0.05) is 16.7 Å². The number of hydrogen-bond donors (Lipinski definition) is 1. The smallest absolute Gasteiger partial charge is 0.193 e. The Balaban J connectivity index is 1.41. The van der Waals surface area contributed by atoms with Gasteiger partial charge < -0.3 is 5.32 Å². The zero-order valence-electron chi connectivity index (χ0n) is 24.8. The maximum Gasteiger partial charge on any atom is 0.193 e. The Hall–Kier alpha value is -4.56. The van der Waals surface area contributed by atoms with Crippen molar-refractivity contribution in [1.82, 2.24) is 0 Å². The molecule has 8 rings (SSSR count). The highest BCUT2D eigenvalue weighted by Crippen LogP contribution is 2.48. The quantitative estimate of drug-likeness (QED) is 0.206. The second-order valence-corrected chi connectivity index (χ2v) is 12.7. The topological polar surface area (TPSA) is 12.0 Å². The van der Waals surface area contributed by atoms with E-state index in [0.29, 0.717) is 0 Å². The molecule has 1 nitrogen and oxygen atoms in total. The van der Waals surface area contributed by atoms with Crippen LogP contribution in [0.1, 0.15) is 47.2 Å². The van der Waals surface area contributed by atoms with Gasteiger partial charge in [-0.25, -0.2) is 0 Å². The summed E-state index contributed by atoms with van der Waals surface area (Å²) in [4.78, 5) is 0. The lowest BCUT2D eigenvalue weighted by atomic mass is 9.58. The van der Waals surface area contributed by atoms with Crippen LogP contribution in [0, 0.1) is 13.8 Å². The summed E-state index contributed by atoms with van der Waals surface area (Å²) in [5, 5.41) is 6.55. The number of para-hydroxylation sites is 2. The minimum atomic E-state index is -0.0916. The fourth-order valence-corrected chi connectivity index (χ4v) is 7.67. The molecule has 2 heterocycles. The third-order valence-corrected chi connectivity index (χ3v) is 9.89. The van der Waals surface area contributed by atoms with Gasteiger partial charge in [0.05, 0.1) is 5.69 Å². The van der Waals surface area contributed by atoms with Crippen molar-refractivity contribution in [2.75, 3.05) is 5.32 Å². The number of rotatable bonds is 1. The van der Waals surface area contributed by atoms with Gasteiger partial charge in [0.2, 0.25) is 0 Å². The summed E-state index contributed by atoms with van der Waals surface area (Å²) in [7, 11) is 0.917. The van der Waals surface area contributed by atoms with E-state index in [0.717, 1.165) is 13.7 Å². The highest BCUT2D eigenvalue weighted by Gasteiger charge is 2.34. The average molecular weight is 540 g/mol. The first-order valence-electron chi connectivity index (χ1n) is 15.1. The maximum absolute atomic E-state index is 3.89. The van der Waals surface area contributed by atoms with Crippen molar-refractivity contribution in [3.63, 3.8) is 0 Å². The van der Waals surface area contributed by atoms with E-state index in [2.05, 4.69) is 142 Å². The third-order valence-electron chi connectivity index (χ3n) is 9.89. The van der Waals surface area contributed by atoms with E-state index in [1.54, 1.807) is 0 Å². The molecular weight excluding hydrogens is 505 g/mol. The predicted octanol–water partition coefficient (Wildman–Crippen LogP) is 8.47. The summed E-state index contributed by atoms with van der Waals surface area (Å²) < 4.78 is 0. The molecule has 0 aliphatic carbocycles. The van der Waals surface area contributed by atoms with Crippen molar-refractivity contribution in [3.05, 3.63) is 143 Å². The van der Waals surface area contributed by atoms with Crippen LogP contribution in [-0.4, -0.2) is 7.28 Å². The van der Waals surface area contributed by atoms with Gasteiger partial charge in [-0.15, -0.1) is 0 Å². The molecule has 6 aromatic rings. The number of aryl methyl sites for hydroxylation is 1. The van der Waals surface area contributed by atoms with Crippen molar-refractivity contribution in [3.8, 4) is 22.3 Å². The summed E-state index contributed by atoms with van der Waals surface area (Å²) >= 11 is 0. The molecule has 2 aliphatic heterocycles. The van der Waals surface area contributed by atoms with E-state index in [1.165, 1.54) is 88.7 Å². The normalized spacial score (nSPS) is 14.2. The van der Waals surface area contributed by atoms with Gasteiger partial charge >= 0.3 is 0 Å². The second kappa shape index (κ2) is 9.23. The second-order valence-electron chi connectivity index (χ2n) is 12.7. The fraction of sp³-hybridized carbons (Fsp3) is 0.150. The summed E-state index contributed by atoms with van der Waals surface area (Å²) in [5.74, 6) is 0. The van der Waals surface area contributed by atoms with Gasteiger partial charge in [0.15, 0.2) is 7.28 Å². The molecule has 2 heteroatoms. The first kappa shape index (κ1) is 25.2. The number of anilines is 2. The first-order chi connectivity index (χ1) is 20.4. The minimum Gasteiger partial charge on any atom is -0.355 e. The van der Waals surface area contributed by atoms with Crippen molar-refractivity contribution in [2.45, 2.75) is 39.5 Å². The molecular formula is C40H34BN. The van der Waals surface area contributed by atoms with Gasteiger partial charge in [-0.05, 0) is 81.6 Å². The molecule has 1 N–H and O–H groups in total. The first-order valence-corrected chi connectivity index (χ1v) is 15.1. The molecule has 0 amide bonds. The van der Waals surface area contributed by atoms with E-state index < -0.39 is 0 Å². The Morgan fingerprint density at radius 1 is 0.667 bits per heavy atom. The fourth-order valence-electron chi connectivity index (χ4n) is 7.67. The Morgan fingerprint density at radius 3 is 2.33 bits per heavy atom. The van der Waals surface area contributed by atoms with Crippen molar-refractivity contribution in [2.24, 2.45) is 0 Å². The molecule has 0 unspecified atom stereocenters. The van der Waals surface area contributed by atoms with E-state index >= 15 is 0 Å². The molecule has 0 atom stereocenters. The zero-order chi connectivity index (χ0) is 28.6. The third kappa shape index (κ3) is 3.71. The van der Waals surface area contributed by atoms with E-state index in [9.17, 15) is 0 Å². The van der Waals surface area contributed by atoms with Crippen LogP contribution >= 0.6 is 0 Å². The number of hydrogen-bond acceptors (Lipinski definition) is 1. The molecule has 42 heavy (non-hydrogen) atoms. The highest BCUT2D eigenvalue weighted by atomic mass is 14.9. The van der Waals surface area contributed by atoms with Crippen LogP contribution < -0.4 is 16.2 Å². The lowest BCUT2D eigenvalue weighted by molar-refractivity contribution is 0.638. The standard InChI is InChI=1S/C40H34BN/c1-24-21-27-23-32-29-12-6-5-11-26(29)19-20-30(32)28-13-10-17-36(25(28)2)41-38(27)33(22-24)31-14-9-16-35-39(31)42-37-18-8-7-15-34(37)40(35,3)4/h5-22,41-42H,23H2,1-4H3. The summed E-state index contributed by atoms with van der Waals surface area (Å²) in [5.41, 5.74) is 18.8. The van der Waals surface area contributed by atoms with Crippen molar-refractivity contribution < 1.29 is 0 Å². The Kier molecular flexibility index (Phi) is 5.53. The Morgan fingerprint density at radius 2 is 1.43 bits per heavy atom. The largest absolute Gasteiger partial charge is 0.355 e. The van der Waals surface area contributed by atoms with Gasteiger partial charge in [-0.3, -0.25) is 0 Å². The molecule has 0 radical (unpaired) electrons. The lowest BCUT2D eigenvalue weighted by Gasteiger charge is -2.37. The molecule has 0 spiro atoms. The molecule has 0 aromatic heterocycles. The van der Waals surface area contributed by atoms with Crippen LogP contribution in [0.3, 0.4) is 0 Å². The number of nitrogens with one attached hydrogen (secondary N) is 1. The summed E-state index contributed by atoms with van der Waals surface area (Å²) in [6, 6.07) is 40.9. The van der Waals surface area contributed by atoms with Crippen LogP contribution in [0.15, 0.2) is 109 Å². The molecule has 0 saturated carbocycles. The number of benzene rings is 6. The van der Waals surface area contributed by atoms with Crippen LogP contribution in [0.25, 0.3) is 33.0 Å². The SMILES string of the molecule is Cc1cc2c(c(-c3cccc4c3Nc3ccccc3C4(C)C)c1)Bc1cccc(c1C)-c1ccc3ccccc3c1C2. The van der Waals surface area contributed by atoms with Crippen LogP contribution in [0.5, 0.6) is 0 Å². The van der Waals surface area contributed by atoms with E-state index in [1.807, 2.05) is 0 Å². The highest BCUT2D eigenvalue weighted by molar-refractivity contribution is 6.70. The molecule has 0 fully saturated rings. The predicted molar refractivity (Wildman–Crippen MR) is 182 cm³/mol. The molecule has 202 valence electrons. The van der Waals surface area contributed by atoms with Gasteiger partial charge in [-0.1, -0.05) is 133 Å². The molecule has 2 aliphatic rings. The van der Waals surface area contributed by atoms with Gasteiger partial charge in [-0.2, -0.15) is 0 Å². The molecule has 2 bridgehead atoms. The van der Waals surface area contributed by atoms with Gasteiger partial charge in [0.1, 0.15) is 0 Å². The Labute approximate surface area is 249 Å². The van der Waals surface area contributed by atoms with Crippen LogP contribution in [-0.2, 0) is 11.8 Å². The minimum absolute atomic E-state index is 0.0916. The van der Waals surface area contributed by atoms with Crippen molar-refractivity contribution in [1.29, 1.82) is 0 Å². The van der Waals surface area contributed by atoms with Crippen LogP contribution in [0.4, 0.5) is 11.4 Å². The van der Waals surface area contributed by atoms with Crippen LogP contribution in [0.2, 0.25) is 0 Å². The average Bonchev–Trinajstić information content (AvgIpc) is 3.01. The molecule has 6 aromatic carbocycles. The van der Waals surface area contributed by atoms with E-state index in [-0.39, 0.29) is 5.41 Å². The Bertz CT molecular complexity index is 2070. The zero-order valence-corrected chi connectivity index (χ0v) is 24.8. The summed E-state index contributed by atoms with van der Waals surface area (Å²) in [6.07, 6.45) is 0.912. The van der Waals surface area contributed by atoms with Gasteiger partial charge in [0.25, 0.3) is 0 Å². The lowest BCUT2D eigenvalue weighted by Crippen LogP contribution is -2.33. The summed E-state index contributed by atoms with van der Waals surface area (Å²) in [6.45, 7) is 9.29. The molecule has 0 saturated heterocycles.